The second-order valence-electron chi connectivity index (χ2n) is 5.75. The summed E-state index contributed by atoms with van der Waals surface area (Å²) in [5.41, 5.74) is 0.870. The molecule has 0 bridgehead atoms. The number of carbonyl (C=O) groups is 2. The Morgan fingerprint density at radius 2 is 1.95 bits per heavy atom. The van der Waals surface area contributed by atoms with Crippen molar-refractivity contribution in [3.63, 3.8) is 0 Å². The lowest BCUT2D eigenvalue weighted by atomic mass is 10.2. The molecular weight excluding hydrogens is 278 g/mol. The average molecular weight is 303 g/mol. The lowest BCUT2D eigenvalue weighted by Crippen LogP contribution is -2.32. The Balaban J connectivity index is 2.03. The van der Waals surface area contributed by atoms with Gasteiger partial charge in [0.15, 0.2) is 0 Å². The molecule has 0 aliphatic carbocycles. The molecule has 2 amide bonds. The molecule has 0 saturated carbocycles. The monoisotopic (exact) mass is 303 g/mol. The fourth-order valence-corrected chi connectivity index (χ4v) is 2.61. The molecule has 5 nitrogen and oxygen atoms in total. The van der Waals surface area contributed by atoms with Crippen LogP contribution in [0.15, 0.2) is 18.3 Å². The Morgan fingerprint density at radius 1 is 1.23 bits per heavy atom. The Morgan fingerprint density at radius 3 is 2.64 bits per heavy atom. The molecule has 1 aromatic heterocycles. The third-order valence-corrected chi connectivity index (χ3v) is 3.95. The molecule has 0 atom stereocenters. The van der Waals surface area contributed by atoms with Gasteiger partial charge in [0.2, 0.25) is 0 Å². The van der Waals surface area contributed by atoms with Crippen molar-refractivity contribution >= 4 is 11.8 Å². The molecule has 1 aromatic rings. The minimum absolute atomic E-state index is 0.00640. The zero-order chi connectivity index (χ0) is 15.8. The van der Waals surface area contributed by atoms with Gasteiger partial charge < -0.3 is 10.2 Å². The van der Waals surface area contributed by atoms with Gasteiger partial charge in [-0.25, -0.2) is 0 Å². The van der Waals surface area contributed by atoms with Crippen molar-refractivity contribution in [2.75, 3.05) is 19.6 Å². The average Bonchev–Trinajstić information content (AvgIpc) is 2.83. The number of pyridine rings is 1. The summed E-state index contributed by atoms with van der Waals surface area (Å²) in [6, 6.07) is 3.30. The van der Waals surface area contributed by atoms with Gasteiger partial charge in [0.1, 0.15) is 5.69 Å². The highest BCUT2D eigenvalue weighted by molar-refractivity contribution is 5.98. The van der Waals surface area contributed by atoms with Gasteiger partial charge in [0.05, 0.1) is 0 Å². The molecule has 120 valence electrons. The van der Waals surface area contributed by atoms with Crippen molar-refractivity contribution < 1.29 is 9.59 Å². The van der Waals surface area contributed by atoms with Crippen LogP contribution in [0.25, 0.3) is 0 Å². The maximum absolute atomic E-state index is 12.6. The van der Waals surface area contributed by atoms with E-state index >= 15 is 0 Å². The lowest BCUT2D eigenvalue weighted by molar-refractivity contribution is 0.0761. The lowest BCUT2D eigenvalue weighted by Gasteiger charge is -2.20. The van der Waals surface area contributed by atoms with E-state index in [4.69, 9.17) is 0 Å². The zero-order valence-corrected chi connectivity index (χ0v) is 13.3. The molecule has 0 radical (unpaired) electrons. The normalized spacial score (nSPS) is 15.2. The summed E-state index contributed by atoms with van der Waals surface area (Å²) >= 11 is 0. The van der Waals surface area contributed by atoms with Crippen LogP contribution in [0.4, 0.5) is 0 Å². The van der Waals surface area contributed by atoms with Crippen LogP contribution in [-0.4, -0.2) is 41.3 Å². The van der Waals surface area contributed by atoms with Crippen LogP contribution < -0.4 is 5.32 Å². The first kappa shape index (κ1) is 16.5. The molecule has 0 aromatic carbocycles. The number of amides is 2. The third kappa shape index (κ3) is 4.55. The van der Waals surface area contributed by atoms with Gasteiger partial charge in [-0.2, -0.15) is 0 Å². The Kier molecular flexibility index (Phi) is 6.37. The Bertz CT molecular complexity index is 508. The molecule has 2 rings (SSSR count). The largest absolute Gasteiger partial charge is 0.351 e. The molecule has 2 heterocycles. The van der Waals surface area contributed by atoms with Gasteiger partial charge in [-0.3, -0.25) is 14.6 Å². The van der Waals surface area contributed by atoms with Crippen LogP contribution in [0.3, 0.4) is 0 Å². The van der Waals surface area contributed by atoms with Crippen LogP contribution in [0.1, 0.15) is 66.3 Å². The highest BCUT2D eigenvalue weighted by Gasteiger charge is 2.18. The molecule has 1 fully saturated rings. The van der Waals surface area contributed by atoms with E-state index < -0.39 is 0 Å². The Hall–Kier alpha value is -1.91. The van der Waals surface area contributed by atoms with E-state index in [9.17, 15) is 9.59 Å². The van der Waals surface area contributed by atoms with Gasteiger partial charge in [-0.05, 0) is 31.4 Å². The SMILES string of the molecule is CCCCNC(=O)c1cc(C(=O)N2CCCCCC2)ccn1. The first-order valence-corrected chi connectivity index (χ1v) is 8.26. The number of aromatic nitrogens is 1. The summed E-state index contributed by atoms with van der Waals surface area (Å²) in [6.45, 7) is 4.32. The molecule has 0 unspecified atom stereocenters. The summed E-state index contributed by atoms with van der Waals surface area (Å²) in [4.78, 5) is 30.6. The number of nitrogens with zero attached hydrogens (tertiary/aromatic N) is 2. The number of carbonyl (C=O) groups excluding carboxylic acids is 2. The second-order valence-corrected chi connectivity index (χ2v) is 5.75. The number of likely N-dealkylation sites (tertiary alicyclic amines) is 1. The van der Waals surface area contributed by atoms with E-state index in [0.29, 0.717) is 17.8 Å². The molecule has 1 aliphatic heterocycles. The van der Waals surface area contributed by atoms with Crippen LogP contribution in [0.2, 0.25) is 0 Å². The predicted octanol–water partition coefficient (Wildman–Crippen LogP) is 2.63. The molecule has 5 heteroatoms. The van der Waals surface area contributed by atoms with Gasteiger partial charge in [0.25, 0.3) is 11.8 Å². The minimum Gasteiger partial charge on any atom is -0.351 e. The van der Waals surface area contributed by atoms with Gasteiger partial charge in [-0.15, -0.1) is 0 Å². The molecule has 1 aliphatic rings. The number of hydrogen-bond donors (Lipinski definition) is 1. The topological polar surface area (TPSA) is 62.3 Å². The predicted molar refractivity (Wildman–Crippen MR) is 85.8 cm³/mol. The fourth-order valence-electron chi connectivity index (χ4n) is 2.61. The van der Waals surface area contributed by atoms with Crippen LogP contribution in [-0.2, 0) is 0 Å². The smallest absolute Gasteiger partial charge is 0.269 e. The highest BCUT2D eigenvalue weighted by Crippen LogP contribution is 2.13. The van der Waals surface area contributed by atoms with Crippen molar-refractivity contribution in [2.24, 2.45) is 0 Å². The fraction of sp³-hybridized carbons (Fsp3) is 0.588. The van der Waals surface area contributed by atoms with Gasteiger partial charge >= 0.3 is 0 Å². The number of rotatable bonds is 5. The van der Waals surface area contributed by atoms with E-state index in [1.54, 1.807) is 18.3 Å². The molecular formula is C17H25N3O2. The van der Waals surface area contributed by atoms with E-state index in [0.717, 1.165) is 38.8 Å². The first-order chi connectivity index (χ1) is 10.7. The number of nitrogens with one attached hydrogen (secondary N) is 1. The van der Waals surface area contributed by atoms with Crippen LogP contribution >= 0.6 is 0 Å². The van der Waals surface area contributed by atoms with E-state index in [-0.39, 0.29) is 11.8 Å². The second kappa shape index (κ2) is 8.51. The number of hydrogen-bond acceptors (Lipinski definition) is 3. The van der Waals surface area contributed by atoms with Crippen molar-refractivity contribution in [3.05, 3.63) is 29.6 Å². The summed E-state index contributed by atoms with van der Waals surface area (Å²) in [6.07, 6.45) is 8.00. The molecule has 1 saturated heterocycles. The molecule has 1 N–H and O–H groups in total. The van der Waals surface area contributed by atoms with Gasteiger partial charge in [0, 0.05) is 31.4 Å². The third-order valence-electron chi connectivity index (χ3n) is 3.95. The van der Waals surface area contributed by atoms with E-state index in [1.807, 2.05) is 4.90 Å². The van der Waals surface area contributed by atoms with Crippen molar-refractivity contribution in [3.8, 4) is 0 Å². The number of unbranched alkanes of at least 4 members (excludes halogenated alkanes) is 1. The quantitative estimate of drug-likeness (QED) is 0.851. The summed E-state index contributed by atoms with van der Waals surface area (Å²) in [5.74, 6) is -0.203. The zero-order valence-electron chi connectivity index (χ0n) is 13.3. The summed E-state index contributed by atoms with van der Waals surface area (Å²) < 4.78 is 0. The maximum atomic E-state index is 12.6. The first-order valence-electron chi connectivity index (χ1n) is 8.26. The standard InChI is InChI=1S/C17H25N3O2/c1-2-3-9-19-16(21)15-13-14(8-10-18-15)17(22)20-11-6-4-5-7-12-20/h8,10,13H,2-7,9,11-12H2,1H3,(H,19,21). The minimum atomic E-state index is -0.209. The highest BCUT2D eigenvalue weighted by atomic mass is 16.2. The van der Waals surface area contributed by atoms with Crippen molar-refractivity contribution in [1.82, 2.24) is 15.2 Å². The Labute approximate surface area is 132 Å². The van der Waals surface area contributed by atoms with Gasteiger partial charge in [-0.1, -0.05) is 26.2 Å². The van der Waals surface area contributed by atoms with Crippen LogP contribution in [0, 0.1) is 0 Å². The summed E-state index contributed by atoms with van der Waals surface area (Å²) in [5, 5.41) is 2.83. The molecule has 0 spiro atoms. The van der Waals surface area contributed by atoms with Crippen molar-refractivity contribution in [2.45, 2.75) is 45.4 Å². The molecule has 22 heavy (non-hydrogen) atoms. The van der Waals surface area contributed by atoms with E-state index in [2.05, 4.69) is 17.2 Å². The van der Waals surface area contributed by atoms with E-state index in [1.165, 1.54) is 12.8 Å². The summed E-state index contributed by atoms with van der Waals surface area (Å²) in [7, 11) is 0. The van der Waals surface area contributed by atoms with Crippen LogP contribution in [0.5, 0.6) is 0 Å². The van der Waals surface area contributed by atoms with Crippen molar-refractivity contribution in [1.29, 1.82) is 0 Å². The maximum Gasteiger partial charge on any atom is 0.269 e.